The Hall–Kier alpha value is -2.42. The molecule has 3 unspecified atom stereocenters. The minimum Gasteiger partial charge on any atom is -0.481 e. The van der Waals surface area contributed by atoms with Gasteiger partial charge in [-0.1, -0.05) is 48.5 Å². The highest BCUT2D eigenvalue weighted by atomic mass is 16.6. The number of aliphatic carboxylic acids is 1. The zero-order valence-electron chi connectivity index (χ0n) is 32.3. The van der Waals surface area contributed by atoms with Crippen LogP contribution < -0.4 is 10.6 Å². The number of carboxylic acid groups (broad SMARTS) is 1. The van der Waals surface area contributed by atoms with Crippen LogP contribution in [0, 0.1) is 50.7 Å². The normalized spacial score (nSPS) is 39.9. The molecule has 9 nitrogen and oxygen atoms in total. The molecule has 3 N–H and O–H groups in total. The minimum absolute atomic E-state index is 0.0365. The first kappa shape index (κ1) is 37.3. The summed E-state index contributed by atoms with van der Waals surface area (Å²) in [4.78, 5) is 52.2. The second-order valence-electron chi connectivity index (χ2n) is 19.5. The third-order valence-electron chi connectivity index (χ3n) is 15.7. The lowest BCUT2D eigenvalue weighted by Crippen LogP contribution is -2.67. The molecule has 6 aliphatic rings. The van der Waals surface area contributed by atoms with Gasteiger partial charge in [-0.2, -0.15) is 0 Å². The summed E-state index contributed by atoms with van der Waals surface area (Å²) in [5, 5.41) is 16.3. The topological polar surface area (TPSA) is 131 Å². The van der Waals surface area contributed by atoms with E-state index in [9.17, 15) is 24.3 Å². The fraction of sp³-hybridized carbons (Fsp3) is 0.854. The highest BCUT2D eigenvalue weighted by Gasteiger charge is 2.70. The number of fused-ring (bicyclic) bond motifs is 7. The highest BCUT2D eigenvalue weighted by molar-refractivity contribution is 6.02. The summed E-state index contributed by atoms with van der Waals surface area (Å²) in [6.45, 7) is 21.2. The van der Waals surface area contributed by atoms with Crippen LogP contribution in [0.25, 0.3) is 0 Å². The van der Waals surface area contributed by atoms with Crippen LogP contribution in [-0.4, -0.2) is 59.8 Å². The average Bonchev–Trinajstić information content (AvgIpc) is 3.30. The quantitative estimate of drug-likeness (QED) is 0.232. The number of esters is 1. The summed E-state index contributed by atoms with van der Waals surface area (Å²) in [5.74, 6) is -0.0991. The summed E-state index contributed by atoms with van der Waals surface area (Å²) in [5.41, 5.74) is 0.119. The molecular weight excluding hydrogens is 632 g/mol. The molecule has 6 rings (SSSR count). The molecule has 0 radical (unpaired) electrons. The molecule has 280 valence electrons. The Balaban J connectivity index is 1.27. The lowest BCUT2D eigenvalue weighted by Gasteiger charge is -2.72. The van der Waals surface area contributed by atoms with E-state index in [1.54, 1.807) is 13.8 Å². The second kappa shape index (κ2) is 12.6. The first-order valence-corrected chi connectivity index (χ1v) is 19.6. The summed E-state index contributed by atoms with van der Waals surface area (Å²) < 4.78 is 12.1. The number of nitrogens with one attached hydrogen (secondary N) is 2. The van der Waals surface area contributed by atoms with Gasteiger partial charge in [0.2, 0.25) is 0 Å². The first-order chi connectivity index (χ1) is 23.2. The maximum absolute atomic E-state index is 13.9. The number of ether oxygens (including phenoxy) is 2. The van der Waals surface area contributed by atoms with Crippen LogP contribution >= 0.6 is 0 Å². The van der Waals surface area contributed by atoms with Gasteiger partial charge < -0.3 is 25.2 Å². The predicted molar refractivity (Wildman–Crippen MR) is 191 cm³/mol. The van der Waals surface area contributed by atoms with Gasteiger partial charge in [0.25, 0.3) is 0 Å². The molecule has 0 bridgehead atoms. The number of carbonyl (C=O) groups excluding carboxylic acids is 3. The van der Waals surface area contributed by atoms with Crippen molar-refractivity contribution in [3.8, 4) is 0 Å². The highest BCUT2D eigenvalue weighted by Crippen LogP contribution is 2.76. The number of hydrogen-bond donors (Lipinski definition) is 3. The van der Waals surface area contributed by atoms with Crippen molar-refractivity contribution in [3.63, 3.8) is 0 Å². The van der Waals surface area contributed by atoms with Crippen LogP contribution in [0.4, 0.5) is 4.79 Å². The number of carboxylic acids is 1. The van der Waals surface area contributed by atoms with E-state index >= 15 is 0 Å². The van der Waals surface area contributed by atoms with Gasteiger partial charge in [0.05, 0.1) is 17.4 Å². The number of allylic oxidation sites excluding steroid dienone is 1. The molecule has 50 heavy (non-hydrogen) atoms. The van der Waals surface area contributed by atoms with E-state index in [4.69, 9.17) is 9.47 Å². The Kier molecular flexibility index (Phi) is 9.42. The number of Topliss-reactive ketones (excluding diaryl/α,β-unsaturated/α-hetero) is 1. The Morgan fingerprint density at radius 2 is 1.56 bits per heavy atom. The molecule has 0 aromatic rings. The van der Waals surface area contributed by atoms with Crippen molar-refractivity contribution in [3.05, 3.63) is 11.1 Å². The molecule has 4 saturated carbocycles. The van der Waals surface area contributed by atoms with Crippen molar-refractivity contribution in [2.75, 3.05) is 13.1 Å². The Morgan fingerprint density at radius 3 is 2.20 bits per heavy atom. The van der Waals surface area contributed by atoms with Crippen molar-refractivity contribution in [1.82, 2.24) is 10.6 Å². The van der Waals surface area contributed by atoms with Gasteiger partial charge >= 0.3 is 18.0 Å². The van der Waals surface area contributed by atoms with E-state index < -0.39 is 22.9 Å². The van der Waals surface area contributed by atoms with Gasteiger partial charge in [-0.05, 0) is 142 Å². The molecule has 1 amide bonds. The predicted octanol–water partition coefficient (Wildman–Crippen LogP) is 7.61. The summed E-state index contributed by atoms with van der Waals surface area (Å²) in [6, 6.07) is 0. The number of alkyl carbamates (subject to hydrolysis) is 1. The number of piperidine rings is 1. The van der Waals surface area contributed by atoms with E-state index in [1.807, 2.05) is 0 Å². The fourth-order valence-corrected chi connectivity index (χ4v) is 12.9. The molecule has 1 saturated heterocycles. The number of rotatable bonds is 7. The Morgan fingerprint density at radius 1 is 0.880 bits per heavy atom. The van der Waals surface area contributed by atoms with E-state index in [0.29, 0.717) is 18.3 Å². The molecule has 8 atom stereocenters. The minimum atomic E-state index is -1.17. The third-order valence-corrected chi connectivity index (χ3v) is 15.7. The SMILES string of the molecule is CC(C)C1=C2C3CCC4[C@@]5(C)CC[C@H](OC(=O)CC(C)(C)C(=O)O)C(C)(C)C5CC[C@@]4(C)[C@]3(C)CC[C@@]2(NC(=O)OC2CCNCC2)CC1=O. The van der Waals surface area contributed by atoms with Crippen molar-refractivity contribution in [1.29, 1.82) is 0 Å². The van der Waals surface area contributed by atoms with Crippen LogP contribution in [0.1, 0.15) is 139 Å². The maximum atomic E-state index is 13.9. The van der Waals surface area contributed by atoms with Crippen LogP contribution in [0.3, 0.4) is 0 Å². The van der Waals surface area contributed by atoms with Gasteiger partial charge in [0, 0.05) is 11.8 Å². The smallest absolute Gasteiger partial charge is 0.408 e. The molecule has 0 aromatic carbocycles. The summed E-state index contributed by atoms with van der Waals surface area (Å²) >= 11 is 0. The van der Waals surface area contributed by atoms with Gasteiger partial charge in [0.15, 0.2) is 5.78 Å². The van der Waals surface area contributed by atoms with Crippen molar-refractivity contribution < 1.29 is 33.8 Å². The zero-order valence-corrected chi connectivity index (χ0v) is 32.3. The molecule has 5 fully saturated rings. The van der Waals surface area contributed by atoms with Crippen LogP contribution in [-0.2, 0) is 23.9 Å². The molecule has 0 spiro atoms. The zero-order chi connectivity index (χ0) is 36.7. The van der Waals surface area contributed by atoms with Crippen molar-refractivity contribution in [2.45, 2.75) is 157 Å². The second-order valence-corrected chi connectivity index (χ2v) is 19.5. The van der Waals surface area contributed by atoms with E-state index in [-0.39, 0.29) is 64.0 Å². The van der Waals surface area contributed by atoms with E-state index in [0.717, 1.165) is 82.9 Å². The molecule has 1 heterocycles. The van der Waals surface area contributed by atoms with Crippen molar-refractivity contribution in [2.24, 2.45) is 50.7 Å². The largest absolute Gasteiger partial charge is 0.481 e. The third kappa shape index (κ3) is 5.74. The van der Waals surface area contributed by atoms with Crippen LogP contribution in [0.5, 0.6) is 0 Å². The summed E-state index contributed by atoms with van der Waals surface area (Å²) in [6.07, 6.45) is 8.69. The fourth-order valence-electron chi connectivity index (χ4n) is 12.9. The lowest BCUT2D eigenvalue weighted by atomic mass is 9.33. The molecule has 5 aliphatic carbocycles. The summed E-state index contributed by atoms with van der Waals surface area (Å²) in [7, 11) is 0. The van der Waals surface area contributed by atoms with Gasteiger partial charge in [0.1, 0.15) is 12.2 Å². The molecular formula is C41H64N2O7. The lowest BCUT2D eigenvalue weighted by molar-refractivity contribution is -0.232. The van der Waals surface area contributed by atoms with Gasteiger partial charge in [-0.25, -0.2) is 4.79 Å². The van der Waals surface area contributed by atoms with Crippen molar-refractivity contribution >= 4 is 23.8 Å². The monoisotopic (exact) mass is 696 g/mol. The Bertz CT molecular complexity index is 1440. The Labute approximate surface area is 299 Å². The molecule has 1 aliphatic heterocycles. The van der Waals surface area contributed by atoms with E-state index in [1.165, 1.54) is 5.57 Å². The number of ketones is 1. The standard InChI is InChI=1S/C41H64N2O7/c1-24(2)32-27(44)22-41(43-35(48)49-25-14-20-42-21-15-25)19-18-39(8)26(33(32)41)10-11-29-38(7)16-13-30(50-31(45)23-36(3,4)34(46)47)37(5,6)28(38)12-17-40(29,39)9/h24-26,28-30,42H,10-23H2,1-9H3,(H,43,48)(H,46,47)/t26?,28?,29?,30-,38-,39+,40+,41+/m0/s1. The number of amides is 1. The van der Waals surface area contributed by atoms with E-state index in [2.05, 4.69) is 59.1 Å². The average molecular weight is 697 g/mol. The molecule has 0 aromatic heterocycles. The van der Waals surface area contributed by atoms with Crippen LogP contribution in [0.15, 0.2) is 11.1 Å². The van der Waals surface area contributed by atoms with Crippen LogP contribution in [0.2, 0.25) is 0 Å². The number of carbonyl (C=O) groups is 4. The number of hydrogen-bond acceptors (Lipinski definition) is 7. The molecule has 9 heteroatoms. The van der Waals surface area contributed by atoms with Gasteiger partial charge in [-0.15, -0.1) is 0 Å². The van der Waals surface area contributed by atoms with Gasteiger partial charge in [-0.3, -0.25) is 14.4 Å². The first-order valence-electron chi connectivity index (χ1n) is 19.6. The maximum Gasteiger partial charge on any atom is 0.408 e.